The van der Waals surface area contributed by atoms with Gasteiger partial charge in [0.25, 0.3) is 11.7 Å². The lowest BCUT2D eigenvalue weighted by Crippen LogP contribution is -2.29. The monoisotopic (exact) mass is 497 g/mol. The van der Waals surface area contributed by atoms with Gasteiger partial charge in [0.1, 0.15) is 11.5 Å². The summed E-state index contributed by atoms with van der Waals surface area (Å²) in [6.45, 7) is 12.3. The number of hydrogen-bond acceptors (Lipinski definition) is 4. The number of Topliss-reactive ketones (excluding diaryl/α,β-unsaturated/α-hetero) is 1. The minimum absolute atomic E-state index is 0.0175. The van der Waals surface area contributed by atoms with Gasteiger partial charge in [-0.2, -0.15) is 0 Å². The van der Waals surface area contributed by atoms with Crippen molar-refractivity contribution in [2.45, 2.75) is 65.5 Å². The van der Waals surface area contributed by atoms with Gasteiger partial charge >= 0.3 is 0 Å². The van der Waals surface area contributed by atoms with Crippen LogP contribution in [0.1, 0.15) is 69.8 Å². The van der Waals surface area contributed by atoms with E-state index in [4.69, 9.17) is 4.74 Å². The molecule has 1 unspecified atom stereocenters. The van der Waals surface area contributed by atoms with Crippen LogP contribution in [0.25, 0.3) is 5.76 Å². The van der Waals surface area contributed by atoms with E-state index in [9.17, 15) is 14.7 Å². The molecule has 3 aromatic rings. The molecule has 1 heterocycles. The molecule has 1 fully saturated rings. The number of aryl methyl sites for hydroxylation is 1. The van der Waals surface area contributed by atoms with E-state index in [1.165, 1.54) is 4.90 Å². The molecule has 1 saturated heterocycles. The van der Waals surface area contributed by atoms with Crippen molar-refractivity contribution in [3.05, 3.63) is 101 Å². The second-order valence-corrected chi connectivity index (χ2v) is 10.8. The quantitative estimate of drug-likeness (QED) is 0.227. The van der Waals surface area contributed by atoms with Crippen LogP contribution in [-0.2, 0) is 21.4 Å². The number of anilines is 1. The number of nitrogens with zero attached hydrogens (tertiary/aromatic N) is 1. The molecule has 1 aliphatic heterocycles. The maximum atomic E-state index is 13.4. The van der Waals surface area contributed by atoms with Gasteiger partial charge in [0.15, 0.2) is 0 Å². The summed E-state index contributed by atoms with van der Waals surface area (Å²) < 4.78 is 5.79. The van der Waals surface area contributed by atoms with Crippen molar-refractivity contribution in [2.24, 2.45) is 0 Å². The SMILES string of the molecule is CCc1ccc(/C(O)=C2\C(=O)C(=O)N(c3ccc(C(C)(C)C)cc3)C2c2ccc(OC(C)C)cc2)cc1. The average Bonchev–Trinajstić information content (AvgIpc) is 3.13. The van der Waals surface area contributed by atoms with Gasteiger partial charge in [0.05, 0.1) is 17.7 Å². The fraction of sp³-hybridized carbons (Fsp3) is 0.312. The average molecular weight is 498 g/mol. The van der Waals surface area contributed by atoms with E-state index in [0.717, 1.165) is 17.5 Å². The summed E-state index contributed by atoms with van der Waals surface area (Å²) in [5.41, 5.74) is 4.08. The number of ether oxygens (including phenoxy) is 1. The van der Waals surface area contributed by atoms with E-state index in [1.54, 1.807) is 12.1 Å². The topological polar surface area (TPSA) is 66.8 Å². The lowest BCUT2D eigenvalue weighted by Gasteiger charge is -2.27. The minimum atomic E-state index is -0.778. The Kier molecular flexibility index (Phi) is 7.26. The summed E-state index contributed by atoms with van der Waals surface area (Å²) in [5, 5.41) is 11.3. The molecule has 0 aromatic heterocycles. The number of ketones is 1. The molecule has 192 valence electrons. The summed E-state index contributed by atoms with van der Waals surface area (Å²) in [4.78, 5) is 28.3. The van der Waals surface area contributed by atoms with Crippen LogP contribution >= 0.6 is 0 Å². The smallest absolute Gasteiger partial charge is 0.300 e. The molecule has 37 heavy (non-hydrogen) atoms. The van der Waals surface area contributed by atoms with Crippen LogP contribution < -0.4 is 9.64 Å². The zero-order chi connectivity index (χ0) is 26.9. The summed E-state index contributed by atoms with van der Waals surface area (Å²) in [6, 6.07) is 21.7. The lowest BCUT2D eigenvalue weighted by atomic mass is 9.87. The van der Waals surface area contributed by atoms with E-state index >= 15 is 0 Å². The van der Waals surface area contributed by atoms with Crippen LogP contribution in [0.3, 0.4) is 0 Å². The number of amides is 1. The summed E-state index contributed by atoms with van der Waals surface area (Å²) in [5.74, 6) is -0.852. The van der Waals surface area contributed by atoms with Gasteiger partial charge < -0.3 is 9.84 Å². The van der Waals surface area contributed by atoms with Gasteiger partial charge in [-0.3, -0.25) is 14.5 Å². The predicted octanol–water partition coefficient (Wildman–Crippen LogP) is 6.96. The third kappa shape index (κ3) is 5.31. The first-order valence-corrected chi connectivity index (χ1v) is 12.8. The number of aliphatic hydroxyl groups excluding tert-OH is 1. The van der Waals surface area contributed by atoms with Gasteiger partial charge in [-0.05, 0) is 66.6 Å². The van der Waals surface area contributed by atoms with Gasteiger partial charge in [-0.15, -0.1) is 0 Å². The largest absolute Gasteiger partial charge is 0.507 e. The van der Waals surface area contributed by atoms with E-state index in [1.807, 2.05) is 74.5 Å². The Balaban J connectivity index is 1.86. The Labute approximate surface area is 219 Å². The van der Waals surface area contributed by atoms with Crippen LogP contribution in [0.4, 0.5) is 5.69 Å². The Morgan fingerprint density at radius 1 is 0.919 bits per heavy atom. The van der Waals surface area contributed by atoms with Crippen molar-refractivity contribution in [3.63, 3.8) is 0 Å². The van der Waals surface area contributed by atoms with Gasteiger partial charge in [-0.25, -0.2) is 0 Å². The number of rotatable bonds is 6. The third-order valence-electron chi connectivity index (χ3n) is 6.66. The predicted molar refractivity (Wildman–Crippen MR) is 148 cm³/mol. The van der Waals surface area contributed by atoms with Crippen LogP contribution in [0.2, 0.25) is 0 Å². The summed E-state index contributed by atoms with van der Waals surface area (Å²) in [6.07, 6.45) is 0.879. The Bertz CT molecular complexity index is 1310. The first-order valence-electron chi connectivity index (χ1n) is 12.8. The molecule has 1 atom stereocenters. The highest BCUT2D eigenvalue weighted by Gasteiger charge is 2.47. The molecule has 0 aliphatic carbocycles. The Morgan fingerprint density at radius 3 is 2.03 bits per heavy atom. The highest BCUT2D eigenvalue weighted by molar-refractivity contribution is 6.51. The number of benzene rings is 3. The number of carbonyl (C=O) groups excluding carboxylic acids is 2. The fourth-order valence-corrected chi connectivity index (χ4v) is 4.59. The molecule has 4 rings (SSSR count). The Morgan fingerprint density at radius 2 is 1.51 bits per heavy atom. The number of hydrogen-bond donors (Lipinski definition) is 1. The zero-order valence-corrected chi connectivity index (χ0v) is 22.4. The molecule has 5 nitrogen and oxygen atoms in total. The van der Waals surface area contributed by atoms with Crippen molar-refractivity contribution < 1.29 is 19.4 Å². The second-order valence-electron chi connectivity index (χ2n) is 10.8. The number of aliphatic hydroxyl groups is 1. The van der Waals surface area contributed by atoms with Crippen molar-refractivity contribution >= 4 is 23.1 Å². The molecule has 0 bridgehead atoms. The molecule has 5 heteroatoms. The van der Waals surface area contributed by atoms with Gasteiger partial charge in [-0.1, -0.05) is 76.2 Å². The fourth-order valence-electron chi connectivity index (χ4n) is 4.59. The van der Waals surface area contributed by atoms with Crippen molar-refractivity contribution in [1.29, 1.82) is 0 Å². The van der Waals surface area contributed by atoms with Crippen molar-refractivity contribution in [3.8, 4) is 5.75 Å². The maximum Gasteiger partial charge on any atom is 0.300 e. The molecule has 0 saturated carbocycles. The third-order valence-corrected chi connectivity index (χ3v) is 6.66. The summed E-state index contributed by atoms with van der Waals surface area (Å²) >= 11 is 0. The summed E-state index contributed by atoms with van der Waals surface area (Å²) in [7, 11) is 0. The van der Waals surface area contributed by atoms with Gasteiger partial charge in [0.2, 0.25) is 0 Å². The molecule has 0 radical (unpaired) electrons. The molecular formula is C32H35NO4. The van der Waals surface area contributed by atoms with E-state index in [2.05, 4.69) is 27.7 Å². The molecule has 1 N–H and O–H groups in total. The van der Waals surface area contributed by atoms with E-state index < -0.39 is 17.7 Å². The standard InChI is InChI=1S/C32H35NO4/c1-7-21-8-10-23(11-9-21)29(34)27-28(22-12-18-26(19-13-22)37-20(2)3)33(31(36)30(27)35)25-16-14-24(15-17-25)32(4,5)6/h8-20,28,34H,7H2,1-6H3/b29-27+. The van der Waals surface area contributed by atoms with E-state index in [0.29, 0.717) is 22.6 Å². The van der Waals surface area contributed by atoms with Gasteiger partial charge in [0, 0.05) is 11.3 Å². The second kappa shape index (κ2) is 10.3. The van der Waals surface area contributed by atoms with Crippen molar-refractivity contribution in [1.82, 2.24) is 0 Å². The first-order chi connectivity index (χ1) is 17.5. The van der Waals surface area contributed by atoms with Crippen LogP contribution in [0.5, 0.6) is 5.75 Å². The highest BCUT2D eigenvalue weighted by atomic mass is 16.5. The molecular weight excluding hydrogens is 462 g/mol. The van der Waals surface area contributed by atoms with Crippen LogP contribution in [0.15, 0.2) is 78.4 Å². The zero-order valence-electron chi connectivity index (χ0n) is 22.4. The maximum absolute atomic E-state index is 13.4. The first kappa shape index (κ1) is 26.2. The van der Waals surface area contributed by atoms with Crippen LogP contribution in [0, 0.1) is 0 Å². The lowest BCUT2D eigenvalue weighted by molar-refractivity contribution is -0.132. The van der Waals surface area contributed by atoms with Crippen LogP contribution in [-0.4, -0.2) is 22.9 Å². The normalized spacial score (nSPS) is 17.5. The molecule has 0 spiro atoms. The Hall–Kier alpha value is -3.86. The molecule has 1 aliphatic rings. The van der Waals surface area contributed by atoms with Crippen molar-refractivity contribution in [2.75, 3.05) is 4.90 Å². The molecule has 3 aromatic carbocycles. The highest BCUT2D eigenvalue weighted by Crippen LogP contribution is 2.43. The number of carbonyl (C=O) groups is 2. The van der Waals surface area contributed by atoms with E-state index in [-0.39, 0.29) is 22.9 Å². The molecule has 1 amide bonds. The minimum Gasteiger partial charge on any atom is -0.507 e.